The van der Waals surface area contributed by atoms with Crippen molar-refractivity contribution < 1.29 is 19.0 Å². The molecular weight excluding hydrogens is 326 g/mol. The second kappa shape index (κ2) is 7.31. The minimum atomic E-state index is -0.649. The van der Waals surface area contributed by atoms with Crippen LogP contribution in [-0.4, -0.2) is 24.2 Å². The molecule has 24 heavy (non-hydrogen) atoms. The zero-order chi connectivity index (χ0) is 16.9. The number of thiazole rings is 1. The van der Waals surface area contributed by atoms with Gasteiger partial charge in [0, 0.05) is 0 Å². The van der Waals surface area contributed by atoms with Gasteiger partial charge in [0.25, 0.3) is 0 Å². The largest absolute Gasteiger partial charge is 0.486 e. The third kappa shape index (κ3) is 3.83. The maximum atomic E-state index is 11.3. The van der Waals surface area contributed by atoms with Crippen molar-refractivity contribution in [1.29, 1.82) is 0 Å². The molecule has 0 aliphatic rings. The minimum Gasteiger partial charge on any atom is -0.486 e. The van der Waals surface area contributed by atoms with E-state index in [2.05, 4.69) is 9.72 Å². The molecule has 0 amide bonds. The highest BCUT2D eigenvalue weighted by atomic mass is 32.1. The monoisotopic (exact) mass is 343 g/mol. The average molecular weight is 343 g/mol. The number of ether oxygens (including phenoxy) is 3. The fourth-order valence-electron chi connectivity index (χ4n) is 2.16. The van der Waals surface area contributed by atoms with Gasteiger partial charge in [0.15, 0.2) is 6.10 Å². The number of nitrogens with zero attached hydrogens (tertiary/aromatic N) is 1. The van der Waals surface area contributed by atoms with Crippen molar-refractivity contribution in [3.63, 3.8) is 0 Å². The van der Waals surface area contributed by atoms with Crippen molar-refractivity contribution >= 4 is 27.5 Å². The van der Waals surface area contributed by atoms with E-state index in [-0.39, 0.29) is 0 Å². The van der Waals surface area contributed by atoms with Gasteiger partial charge in [-0.05, 0) is 43.3 Å². The summed E-state index contributed by atoms with van der Waals surface area (Å²) >= 11 is 1.62. The molecule has 0 spiro atoms. The Morgan fingerprint density at radius 3 is 2.54 bits per heavy atom. The number of carbonyl (C=O) groups is 1. The Morgan fingerprint density at radius 1 is 1.12 bits per heavy atom. The molecule has 1 aromatic heterocycles. The Morgan fingerprint density at radius 2 is 1.83 bits per heavy atom. The Kier molecular flexibility index (Phi) is 4.96. The number of methoxy groups -OCH3 is 1. The number of hydrogen-bond acceptors (Lipinski definition) is 6. The van der Waals surface area contributed by atoms with Crippen LogP contribution in [-0.2, 0) is 16.1 Å². The van der Waals surface area contributed by atoms with Gasteiger partial charge in [0.2, 0.25) is 0 Å². The van der Waals surface area contributed by atoms with Crippen LogP contribution in [0.3, 0.4) is 0 Å². The highest BCUT2D eigenvalue weighted by molar-refractivity contribution is 7.18. The summed E-state index contributed by atoms with van der Waals surface area (Å²) in [5.41, 5.74) is 0.988. The molecule has 0 saturated heterocycles. The van der Waals surface area contributed by atoms with Gasteiger partial charge in [-0.15, -0.1) is 11.3 Å². The molecule has 6 heteroatoms. The zero-order valence-electron chi connectivity index (χ0n) is 13.4. The first-order valence-electron chi connectivity index (χ1n) is 7.47. The molecule has 2 aromatic carbocycles. The molecular formula is C18H17NO4S. The van der Waals surface area contributed by atoms with Crippen molar-refractivity contribution in [3.05, 3.63) is 53.5 Å². The van der Waals surface area contributed by atoms with Gasteiger partial charge in [0.1, 0.15) is 23.1 Å². The van der Waals surface area contributed by atoms with Crippen molar-refractivity contribution in [1.82, 2.24) is 4.98 Å². The predicted octanol–water partition coefficient (Wildman–Crippen LogP) is 3.82. The molecule has 1 unspecified atom stereocenters. The normalized spacial score (nSPS) is 11.9. The number of hydrogen-bond donors (Lipinski definition) is 0. The average Bonchev–Trinajstić information content (AvgIpc) is 3.03. The number of carbonyl (C=O) groups excluding carboxylic acids is 1. The maximum absolute atomic E-state index is 11.3. The van der Waals surface area contributed by atoms with Crippen LogP contribution in [0.15, 0.2) is 48.5 Å². The highest BCUT2D eigenvalue weighted by Crippen LogP contribution is 2.24. The van der Waals surface area contributed by atoms with E-state index in [1.54, 1.807) is 42.5 Å². The first-order valence-corrected chi connectivity index (χ1v) is 8.29. The molecule has 0 aliphatic heterocycles. The van der Waals surface area contributed by atoms with Crippen molar-refractivity contribution in [2.75, 3.05) is 7.11 Å². The molecule has 3 rings (SSSR count). The molecule has 0 N–H and O–H groups in total. The number of benzene rings is 2. The minimum absolute atomic E-state index is 0.411. The molecule has 0 fully saturated rings. The Bertz CT molecular complexity index is 795. The number of fused-ring (bicyclic) bond motifs is 1. The summed E-state index contributed by atoms with van der Waals surface area (Å²) in [6.45, 7) is 2.06. The molecule has 5 nitrogen and oxygen atoms in total. The van der Waals surface area contributed by atoms with E-state index in [1.807, 2.05) is 24.3 Å². The number of aromatic nitrogens is 1. The lowest BCUT2D eigenvalue weighted by atomic mass is 10.3. The predicted molar refractivity (Wildman–Crippen MR) is 92.5 cm³/mol. The van der Waals surface area contributed by atoms with Gasteiger partial charge >= 0.3 is 5.97 Å². The Hall–Kier alpha value is -2.60. The Labute approximate surface area is 143 Å². The van der Waals surface area contributed by atoms with Gasteiger partial charge in [-0.1, -0.05) is 12.1 Å². The van der Waals surface area contributed by atoms with Crippen LogP contribution in [0.1, 0.15) is 11.9 Å². The van der Waals surface area contributed by atoms with Crippen LogP contribution in [0.5, 0.6) is 11.5 Å². The summed E-state index contributed by atoms with van der Waals surface area (Å²) in [7, 11) is 1.33. The standard InChI is InChI=1S/C18H17NO4S/c1-12(18(20)21-2)23-14-9-7-13(8-10-14)22-11-17-19-15-5-3-4-6-16(15)24-17/h3-10,12H,11H2,1-2H3. The Balaban J connectivity index is 1.58. The van der Waals surface area contributed by atoms with E-state index < -0.39 is 12.1 Å². The fourth-order valence-corrected chi connectivity index (χ4v) is 3.04. The SMILES string of the molecule is COC(=O)C(C)Oc1ccc(OCc2nc3ccccc3s2)cc1. The van der Waals surface area contributed by atoms with Crippen molar-refractivity contribution in [2.24, 2.45) is 0 Å². The van der Waals surface area contributed by atoms with Crippen LogP contribution in [0.2, 0.25) is 0 Å². The fraction of sp³-hybridized carbons (Fsp3) is 0.222. The third-order valence-corrected chi connectivity index (χ3v) is 4.38. The number of para-hydroxylation sites is 1. The van der Waals surface area contributed by atoms with Crippen LogP contribution in [0.25, 0.3) is 10.2 Å². The molecule has 0 aliphatic carbocycles. The third-order valence-electron chi connectivity index (χ3n) is 3.37. The van der Waals surface area contributed by atoms with Gasteiger partial charge in [-0.2, -0.15) is 0 Å². The lowest BCUT2D eigenvalue weighted by Gasteiger charge is -2.12. The van der Waals surface area contributed by atoms with Crippen LogP contribution in [0, 0.1) is 0 Å². The van der Waals surface area contributed by atoms with Crippen LogP contribution >= 0.6 is 11.3 Å². The van der Waals surface area contributed by atoms with Gasteiger partial charge in [-0.25, -0.2) is 9.78 Å². The molecule has 124 valence electrons. The summed E-state index contributed by atoms with van der Waals surface area (Å²) in [5.74, 6) is 0.888. The van der Waals surface area contributed by atoms with E-state index in [1.165, 1.54) is 7.11 Å². The van der Waals surface area contributed by atoms with E-state index in [9.17, 15) is 4.79 Å². The molecule has 3 aromatic rings. The summed E-state index contributed by atoms with van der Waals surface area (Å²) in [4.78, 5) is 15.9. The van der Waals surface area contributed by atoms with E-state index >= 15 is 0 Å². The van der Waals surface area contributed by atoms with Gasteiger partial charge < -0.3 is 14.2 Å². The summed E-state index contributed by atoms with van der Waals surface area (Å²) in [6.07, 6.45) is -0.649. The van der Waals surface area contributed by atoms with Gasteiger partial charge in [-0.3, -0.25) is 0 Å². The smallest absolute Gasteiger partial charge is 0.346 e. The maximum Gasteiger partial charge on any atom is 0.346 e. The van der Waals surface area contributed by atoms with Crippen LogP contribution < -0.4 is 9.47 Å². The first kappa shape index (κ1) is 16.3. The van der Waals surface area contributed by atoms with Crippen LogP contribution in [0.4, 0.5) is 0 Å². The topological polar surface area (TPSA) is 57.7 Å². The lowest BCUT2D eigenvalue weighted by molar-refractivity contribution is -0.147. The first-order chi connectivity index (χ1) is 11.7. The molecule has 0 saturated carbocycles. The second-order valence-electron chi connectivity index (χ2n) is 5.12. The lowest BCUT2D eigenvalue weighted by Crippen LogP contribution is -2.24. The quantitative estimate of drug-likeness (QED) is 0.637. The van der Waals surface area contributed by atoms with Crippen molar-refractivity contribution in [2.45, 2.75) is 19.6 Å². The summed E-state index contributed by atoms with van der Waals surface area (Å²) < 4.78 is 17.0. The zero-order valence-corrected chi connectivity index (χ0v) is 14.2. The molecule has 0 bridgehead atoms. The summed E-state index contributed by atoms with van der Waals surface area (Å²) in [5, 5.41) is 0.927. The number of esters is 1. The van der Waals surface area contributed by atoms with E-state index in [0.29, 0.717) is 18.1 Å². The highest BCUT2D eigenvalue weighted by Gasteiger charge is 2.14. The molecule has 0 radical (unpaired) electrons. The van der Waals surface area contributed by atoms with Gasteiger partial charge in [0.05, 0.1) is 17.3 Å². The molecule has 1 atom stereocenters. The van der Waals surface area contributed by atoms with E-state index in [0.717, 1.165) is 15.2 Å². The summed E-state index contributed by atoms with van der Waals surface area (Å²) in [6, 6.07) is 15.1. The number of rotatable bonds is 6. The second-order valence-corrected chi connectivity index (χ2v) is 6.23. The molecule has 1 heterocycles. The van der Waals surface area contributed by atoms with E-state index in [4.69, 9.17) is 9.47 Å². The van der Waals surface area contributed by atoms with Crippen molar-refractivity contribution in [3.8, 4) is 11.5 Å².